The molecule has 0 saturated carbocycles. The molecule has 1 N–H and O–H groups in total. The number of aromatic amines is 1. The Morgan fingerprint density at radius 3 is 2.76 bits per heavy atom. The van der Waals surface area contributed by atoms with Gasteiger partial charge in [-0.05, 0) is 26.0 Å². The van der Waals surface area contributed by atoms with E-state index in [1.54, 1.807) is 13.0 Å². The Hall–Kier alpha value is -2.50. The normalized spacial score (nSPS) is 11.0. The fraction of sp³-hybridized carbons (Fsp3) is 0.200. The molecular formula is C15H13F2N3O. The Kier molecular flexibility index (Phi) is 3.29. The third-order valence-corrected chi connectivity index (χ3v) is 3.05. The first kappa shape index (κ1) is 13.5. The Labute approximate surface area is 119 Å². The second-order valence-corrected chi connectivity index (χ2v) is 4.58. The van der Waals surface area contributed by atoms with Crippen LogP contribution in [0, 0.1) is 18.6 Å². The fourth-order valence-electron chi connectivity index (χ4n) is 2.14. The standard InChI is InChI=1S/C15H13F2N3O/c1-3-21-14-12(17)9(16)7-11-13(14)20-15(19-11)10-6-4-5-8(2)18-10/h4-7H,3H2,1-2H3,(H,19,20). The minimum absolute atomic E-state index is 0.178. The number of H-pyrrole nitrogens is 1. The number of hydrogen-bond acceptors (Lipinski definition) is 3. The number of halogens is 2. The molecule has 2 aromatic heterocycles. The minimum atomic E-state index is -1.03. The molecule has 1 aromatic carbocycles. The number of benzene rings is 1. The Morgan fingerprint density at radius 2 is 2.05 bits per heavy atom. The number of nitrogens with one attached hydrogen (secondary N) is 1. The van der Waals surface area contributed by atoms with Gasteiger partial charge in [0.1, 0.15) is 11.2 Å². The lowest BCUT2D eigenvalue weighted by molar-refractivity contribution is 0.318. The number of fused-ring (bicyclic) bond motifs is 1. The summed E-state index contributed by atoms with van der Waals surface area (Å²) < 4.78 is 32.6. The van der Waals surface area contributed by atoms with Crippen molar-refractivity contribution in [1.29, 1.82) is 0 Å². The van der Waals surface area contributed by atoms with Crippen LogP contribution in [0.25, 0.3) is 22.6 Å². The number of pyridine rings is 1. The summed E-state index contributed by atoms with van der Waals surface area (Å²) in [6.07, 6.45) is 0. The highest BCUT2D eigenvalue weighted by atomic mass is 19.2. The molecule has 0 atom stereocenters. The van der Waals surface area contributed by atoms with Crippen molar-refractivity contribution in [2.75, 3.05) is 6.61 Å². The molecule has 0 aliphatic rings. The van der Waals surface area contributed by atoms with Gasteiger partial charge in [0.25, 0.3) is 0 Å². The predicted molar refractivity (Wildman–Crippen MR) is 75.1 cm³/mol. The molecule has 6 heteroatoms. The molecule has 108 valence electrons. The topological polar surface area (TPSA) is 50.8 Å². The van der Waals surface area contributed by atoms with Crippen molar-refractivity contribution in [1.82, 2.24) is 15.0 Å². The van der Waals surface area contributed by atoms with Gasteiger partial charge in [-0.25, -0.2) is 14.4 Å². The van der Waals surface area contributed by atoms with Crippen LogP contribution in [0.5, 0.6) is 5.75 Å². The lowest BCUT2D eigenvalue weighted by Gasteiger charge is -2.05. The van der Waals surface area contributed by atoms with Crippen LogP contribution in [-0.2, 0) is 0 Å². The summed E-state index contributed by atoms with van der Waals surface area (Å²) in [6.45, 7) is 3.78. The van der Waals surface area contributed by atoms with E-state index in [1.165, 1.54) is 0 Å². The summed E-state index contributed by atoms with van der Waals surface area (Å²) in [7, 11) is 0. The zero-order chi connectivity index (χ0) is 15.0. The minimum Gasteiger partial charge on any atom is -0.488 e. The highest BCUT2D eigenvalue weighted by Gasteiger charge is 2.19. The van der Waals surface area contributed by atoms with Crippen molar-refractivity contribution in [2.45, 2.75) is 13.8 Å². The van der Waals surface area contributed by atoms with E-state index in [0.717, 1.165) is 11.8 Å². The number of ether oxygens (including phenoxy) is 1. The molecule has 0 radical (unpaired) electrons. The number of rotatable bonds is 3. The Bertz CT molecular complexity index is 814. The van der Waals surface area contributed by atoms with E-state index in [4.69, 9.17) is 4.74 Å². The van der Waals surface area contributed by atoms with Gasteiger partial charge < -0.3 is 9.72 Å². The van der Waals surface area contributed by atoms with Crippen LogP contribution in [0.4, 0.5) is 8.78 Å². The molecule has 0 saturated heterocycles. The monoisotopic (exact) mass is 289 g/mol. The molecule has 0 fully saturated rings. The van der Waals surface area contributed by atoms with Gasteiger partial charge in [-0.1, -0.05) is 6.07 Å². The van der Waals surface area contributed by atoms with E-state index in [2.05, 4.69) is 15.0 Å². The number of nitrogens with zero attached hydrogens (tertiary/aromatic N) is 2. The summed E-state index contributed by atoms with van der Waals surface area (Å²) in [4.78, 5) is 11.6. The molecule has 3 aromatic rings. The molecular weight excluding hydrogens is 276 g/mol. The van der Waals surface area contributed by atoms with E-state index in [-0.39, 0.29) is 17.9 Å². The first-order valence-corrected chi connectivity index (χ1v) is 6.54. The van der Waals surface area contributed by atoms with Crippen LogP contribution < -0.4 is 4.74 Å². The molecule has 3 rings (SSSR count). The average Bonchev–Trinajstić information content (AvgIpc) is 2.87. The van der Waals surface area contributed by atoms with Gasteiger partial charge in [-0.2, -0.15) is 4.39 Å². The van der Waals surface area contributed by atoms with Crippen molar-refractivity contribution in [3.8, 4) is 17.3 Å². The second kappa shape index (κ2) is 5.12. The zero-order valence-electron chi connectivity index (χ0n) is 11.6. The van der Waals surface area contributed by atoms with E-state index >= 15 is 0 Å². The number of hydrogen-bond donors (Lipinski definition) is 1. The Balaban J connectivity index is 2.22. The van der Waals surface area contributed by atoms with Gasteiger partial charge in [0.15, 0.2) is 17.4 Å². The maximum Gasteiger partial charge on any atom is 0.203 e. The first-order valence-electron chi connectivity index (χ1n) is 6.54. The molecule has 0 spiro atoms. The van der Waals surface area contributed by atoms with Crippen LogP contribution in [0.2, 0.25) is 0 Å². The van der Waals surface area contributed by atoms with E-state index in [9.17, 15) is 8.78 Å². The van der Waals surface area contributed by atoms with Crippen LogP contribution in [-0.4, -0.2) is 21.6 Å². The van der Waals surface area contributed by atoms with Gasteiger partial charge in [-0.15, -0.1) is 0 Å². The van der Waals surface area contributed by atoms with E-state index in [0.29, 0.717) is 17.0 Å². The van der Waals surface area contributed by atoms with Gasteiger partial charge >= 0.3 is 0 Å². The van der Waals surface area contributed by atoms with Gasteiger partial charge in [-0.3, -0.25) is 0 Å². The molecule has 21 heavy (non-hydrogen) atoms. The second-order valence-electron chi connectivity index (χ2n) is 4.58. The molecule has 0 aliphatic heterocycles. The molecule has 0 amide bonds. The summed E-state index contributed by atoms with van der Waals surface area (Å²) in [5.41, 5.74) is 2.06. The summed E-state index contributed by atoms with van der Waals surface area (Å²) in [6, 6.07) is 6.55. The largest absolute Gasteiger partial charge is 0.488 e. The maximum absolute atomic E-state index is 13.8. The third-order valence-electron chi connectivity index (χ3n) is 3.05. The van der Waals surface area contributed by atoms with Gasteiger partial charge in [0.05, 0.1) is 12.1 Å². The number of imidazole rings is 1. The molecule has 0 unspecified atom stereocenters. The SMILES string of the molecule is CCOc1c(F)c(F)cc2[nH]c(-c3cccc(C)n3)nc12. The first-order chi connectivity index (χ1) is 10.1. The van der Waals surface area contributed by atoms with Crippen molar-refractivity contribution < 1.29 is 13.5 Å². The maximum atomic E-state index is 13.8. The lowest BCUT2D eigenvalue weighted by Crippen LogP contribution is -1.98. The average molecular weight is 289 g/mol. The van der Waals surface area contributed by atoms with Crippen molar-refractivity contribution >= 4 is 11.0 Å². The predicted octanol–water partition coefficient (Wildman–Crippen LogP) is 3.61. The molecule has 2 heterocycles. The van der Waals surface area contributed by atoms with Gasteiger partial charge in [0.2, 0.25) is 5.82 Å². The molecule has 0 aliphatic carbocycles. The lowest BCUT2D eigenvalue weighted by atomic mass is 10.2. The van der Waals surface area contributed by atoms with Crippen LogP contribution in [0.3, 0.4) is 0 Å². The summed E-state index contributed by atoms with van der Waals surface area (Å²) >= 11 is 0. The fourth-order valence-corrected chi connectivity index (χ4v) is 2.14. The van der Waals surface area contributed by atoms with Crippen LogP contribution in [0.1, 0.15) is 12.6 Å². The molecule has 0 bridgehead atoms. The quantitative estimate of drug-likeness (QED) is 0.801. The molecule has 4 nitrogen and oxygen atoms in total. The van der Waals surface area contributed by atoms with E-state index < -0.39 is 11.6 Å². The number of aryl methyl sites for hydroxylation is 1. The van der Waals surface area contributed by atoms with Gasteiger partial charge in [0, 0.05) is 11.8 Å². The van der Waals surface area contributed by atoms with E-state index in [1.807, 2.05) is 19.1 Å². The third kappa shape index (κ3) is 2.33. The highest BCUT2D eigenvalue weighted by molar-refractivity contribution is 5.85. The summed E-state index contributed by atoms with van der Waals surface area (Å²) in [5, 5.41) is 0. The van der Waals surface area contributed by atoms with Crippen LogP contribution >= 0.6 is 0 Å². The van der Waals surface area contributed by atoms with Crippen molar-refractivity contribution in [3.05, 3.63) is 41.6 Å². The Morgan fingerprint density at radius 1 is 1.24 bits per heavy atom. The number of aromatic nitrogens is 3. The van der Waals surface area contributed by atoms with Crippen LogP contribution in [0.15, 0.2) is 24.3 Å². The van der Waals surface area contributed by atoms with Crippen molar-refractivity contribution in [2.24, 2.45) is 0 Å². The summed E-state index contributed by atoms with van der Waals surface area (Å²) in [5.74, 6) is -1.74. The smallest absolute Gasteiger partial charge is 0.203 e. The highest BCUT2D eigenvalue weighted by Crippen LogP contribution is 2.31. The van der Waals surface area contributed by atoms with Crippen molar-refractivity contribution in [3.63, 3.8) is 0 Å². The zero-order valence-corrected chi connectivity index (χ0v) is 11.6.